The fourth-order valence-electron chi connectivity index (χ4n) is 5.43. The van der Waals surface area contributed by atoms with E-state index < -0.39 is 46.3 Å². The number of aryl methyl sites for hydroxylation is 4. The van der Waals surface area contributed by atoms with Crippen LogP contribution in [0.2, 0.25) is 19.6 Å². The average molecular weight is 828 g/mol. The average Bonchev–Trinajstić information content (AvgIpc) is 3.51. The molecule has 7 rings (SSSR count). The summed E-state index contributed by atoms with van der Waals surface area (Å²) < 4.78 is 103. The molecule has 2 aromatic carbocycles. The molecule has 0 amide bonds. The Morgan fingerprint density at radius 3 is 2.45 bits per heavy atom. The molecule has 245 valence electrons. The van der Waals surface area contributed by atoms with E-state index in [4.69, 9.17) is 20.9 Å². The number of rotatable bonds is 4. The maximum atomic E-state index is 8.75. The Morgan fingerprint density at radius 1 is 0.957 bits per heavy atom. The van der Waals surface area contributed by atoms with E-state index in [1.54, 1.807) is 0 Å². The summed E-state index contributed by atoms with van der Waals surface area (Å²) in [5, 5.41) is 1.63. The molecule has 1 aliphatic carbocycles. The van der Waals surface area contributed by atoms with Crippen LogP contribution in [0.1, 0.15) is 78.0 Å². The minimum atomic E-state index is -2.52. The third-order valence-electron chi connectivity index (χ3n) is 7.54. The van der Waals surface area contributed by atoms with Crippen LogP contribution in [0.3, 0.4) is 0 Å². The van der Waals surface area contributed by atoms with E-state index in [0.717, 1.165) is 22.0 Å². The van der Waals surface area contributed by atoms with Crippen molar-refractivity contribution in [2.75, 3.05) is 0 Å². The Labute approximate surface area is 311 Å². The summed E-state index contributed by atoms with van der Waals surface area (Å²) >= 11 is 0. The zero-order chi connectivity index (χ0) is 43.0. The van der Waals surface area contributed by atoms with Crippen molar-refractivity contribution < 1.29 is 41.0 Å². The third kappa shape index (κ3) is 7.83. The molecule has 47 heavy (non-hydrogen) atoms. The van der Waals surface area contributed by atoms with Gasteiger partial charge in [0.05, 0.1) is 13.7 Å². The Morgan fingerprint density at radius 2 is 1.74 bits per heavy atom. The first-order chi connectivity index (χ1) is 26.5. The molecule has 4 aromatic heterocycles. The zero-order valence-corrected chi connectivity index (χ0v) is 30.7. The normalized spacial score (nSPS) is 19.9. The number of hydrogen-bond donors (Lipinski definition) is 0. The number of fused-ring (bicyclic) bond motifs is 4. The largest absolute Gasteiger partial charge is 0.486 e. The second-order valence-corrected chi connectivity index (χ2v) is 18.5. The van der Waals surface area contributed by atoms with Crippen molar-refractivity contribution >= 4 is 35.3 Å². The van der Waals surface area contributed by atoms with Crippen molar-refractivity contribution in [2.24, 2.45) is 5.41 Å². The van der Waals surface area contributed by atoms with Gasteiger partial charge in [0.25, 0.3) is 0 Å². The summed E-state index contributed by atoms with van der Waals surface area (Å²) in [5.41, 5.74) is 2.56. The molecule has 0 aliphatic heterocycles. The van der Waals surface area contributed by atoms with Crippen LogP contribution in [0.25, 0.3) is 44.6 Å². The van der Waals surface area contributed by atoms with Gasteiger partial charge in [-0.25, -0.2) is 4.98 Å². The first-order valence-electron chi connectivity index (χ1n) is 21.3. The number of pyridine rings is 3. The molecular weight excluding hydrogens is 771 g/mol. The van der Waals surface area contributed by atoms with Gasteiger partial charge in [-0.15, -0.1) is 53.6 Å². The van der Waals surface area contributed by atoms with Crippen LogP contribution < -0.4 is 5.19 Å². The van der Waals surface area contributed by atoms with E-state index in [1.807, 2.05) is 57.3 Å². The Kier molecular flexibility index (Phi) is 6.61. The van der Waals surface area contributed by atoms with Gasteiger partial charge in [0.1, 0.15) is 0 Å². The summed E-state index contributed by atoms with van der Waals surface area (Å²) in [6.45, 7) is 7.56. The molecule has 4 nitrogen and oxygen atoms in total. The van der Waals surface area contributed by atoms with E-state index in [-0.39, 0.29) is 83.3 Å². The van der Waals surface area contributed by atoms with Crippen LogP contribution in [0.5, 0.6) is 0 Å². The summed E-state index contributed by atoms with van der Waals surface area (Å²) in [5.74, 6) is 0. The molecule has 0 saturated carbocycles. The Balaban J connectivity index is 0.000000241. The first kappa shape index (κ1) is 22.2. The number of furan rings is 1. The van der Waals surface area contributed by atoms with E-state index in [0.29, 0.717) is 5.39 Å². The van der Waals surface area contributed by atoms with Gasteiger partial charge < -0.3 is 14.4 Å². The smallest absolute Gasteiger partial charge is 0.216 e. The van der Waals surface area contributed by atoms with Crippen molar-refractivity contribution in [2.45, 2.75) is 86.1 Å². The van der Waals surface area contributed by atoms with Crippen LogP contribution in [0, 0.1) is 31.3 Å². The van der Waals surface area contributed by atoms with Gasteiger partial charge in [-0.1, -0.05) is 81.5 Å². The minimum absolute atomic E-state index is 0. The van der Waals surface area contributed by atoms with Gasteiger partial charge >= 0.3 is 0 Å². The summed E-state index contributed by atoms with van der Waals surface area (Å²) in [4.78, 5) is 13.0. The maximum Gasteiger partial charge on any atom is 0.216 e. The monoisotopic (exact) mass is 828 g/mol. The number of aromatic nitrogens is 3. The van der Waals surface area contributed by atoms with Crippen LogP contribution in [-0.4, -0.2) is 23.0 Å². The molecule has 0 atom stereocenters. The SMILES string of the molecule is [2H]C([2H])([2H])c1ccc2c(n1)oc1c(-c3cc4c(cn3)C([2H])([2H])CCC4([2H])[2H])[c-]cc(C([2H])([2H])[2H])c12.[2H]C([2H])(c1cc(-c2[c-]cccc2)ncc1[Si](C)(C)C)C(C)(C)C.[Ir]. The Bertz CT molecular complexity index is 2510. The van der Waals surface area contributed by atoms with Crippen molar-refractivity contribution in [3.05, 3.63) is 107 Å². The van der Waals surface area contributed by atoms with Gasteiger partial charge in [-0.05, 0) is 78.5 Å². The van der Waals surface area contributed by atoms with Crippen LogP contribution in [-0.2, 0) is 39.2 Å². The molecule has 0 N–H and O–H groups in total. The van der Waals surface area contributed by atoms with E-state index >= 15 is 0 Å². The van der Waals surface area contributed by atoms with Crippen LogP contribution >= 0.6 is 0 Å². The second-order valence-electron chi connectivity index (χ2n) is 13.4. The molecule has 1 aliphatic rings. The third-order valence-corrected chi connectivity index (χ3v) is 9.55. The predicted octanol–water partition coefficient (Wildman–Crippen LogP) is 10.0. The van der Waals surface area contributed by atoms with Gasteiger partial charge in [-0.3, -0.25) is 0 Å². The van der Waals surface area contributed by atoms with Crippen molar-refractivity contribution in [1.29, 1.82) is 0 Å². The standard InChI is InChI=1S/C22H19N2O.C19H26NSi.Ir/c1-13-7-9-17(19-11-15-5-3-4-6-16(15)12-23-19)21-20(13)18-10-8-14(2)24-22(18)25-21;1-19(2,3)13-16-12-17(15-10-8-7-9-11-15)20-14-18(16)21(4,5)6;/h7-8,10-12H,3-6H2,1-2H3;7-10,12,14H,13H2,1-6H3;/q2*-1;/i1D3,2D3,5D2,6D2;13D2;. The van der Waals surface area contributed by atoms with Crippen molar-refractivity contribution in [3.63, 3.8) is 0 Å². The number of hydrogen-bond acceptors (Lipinski definition) is 4. The van der Waals surface area contributed by atoms with Gasteiger partial charge in [-0.2, -0.15) is 0 Å². The molecule has 0 saturated heterocycles. The molecule has 1 radical (unpaired) electrons. The van der Waals surface area contributed by atoms with E-state index in [9.17, 15) is 0 Å². The predicted molar refractivity (Wildman–Crippen MR) is 194 cm³/mol. The molecule has 0 bridgehead atoms. The van der Waals surface area contributed by atoms with Gasteiger partial charge in [0.15, 0.2) is 0 Å². The maximum absolute atomic E-state index is 8.75. The first-order valence-corrected chi connectivity index (χ1v) is 18.8. The summed E-state index contributed by atoms with van der Waals surface area (Å²) in [7, 11) is -1.70. The van der Waals surface area contributed by atoms with Crippen LogP contribution in [0.15, 0.2) is 71.4 Å². The molecular formula is C41H45IrN3OSi-2. The second kappa shape index (κ2) is 14.0. The topological polar surface area (TPSA) is 51.8 Å². The quantitative estimate of drug-likeness (QED) is 0.131. The van der Waals surface area contributed by atoms with Gasteiger partial charge in [0, 0.05) is 60.0 Å². The molecule has 0 spiro atoms. The van der Waals surface area contributed by atoms with Gasteiger partial charge in [0.2, 0.25) is 5.71 Å². The summed E-state index contributed by atoms with van der Waals surface area (Å²) in [6.07, 6.45) is -1.71. The molecule has 6 heteroatoms. The number of nitrogens with zero attached hydrogens (tertiary/aromatic N) is 3. The minimum Gasteiger partial charge on any atom is -0.486 e. The van der Waals surface area contributed by atoms with Crippen molar-refractivity contribution in [1.82, 2.24) is 15.0 Å². The molecule has 0 unspecified atom stereocenters. The number of benzene rings is 2. The fourth-order valence-corrected chi connectivity index (χ4v) is 6.82. The van der Waals surface area contributed by atoms with Crippen molar-refractivity contribution in [3.8, 4) is 22.5 Å². The Hall–Kier alpha value is -3.44. The van der Waals surface area contributed by atoms with E-state index in [2.05, 4.69) is 46.7 Å². The molecule has 4 heterocycles. The molecule has 0 fully saturated rings. The van der Waals surface area contributed by atoms with E-state index in [1.165, 1.54) is 30.5 Å². The zero-order valence-electron chi connectivity index (χ0n) is 39.3. The fraction of sp³-hybridized carbons (Fsp3) is 0.341. The van der Waals surface area contributed by atoms with Crippen LogP contribution in [0.4, 0.5) is 0 Å². The molecule has 6 aromatic rings. The summed E-state index contributed by atoms with van der Waals surface area (Å²) in [6, 6.07) is 21.2.